The quantitative estimate of drug-likeness (QED) is 0.206. The molecule has 0 aromatic heterocycles. The molecule has 0 fully saturated rings. The van der Waals surface area contributed by atoms with E-state index in [4.69, 9.17) is 0 Å². The molecule has 3 rings (SSSR count). The number of hydrogen-bond acceptors (Lipinski definition) is 3. The second-order valence-electron chi connectivity index (χ2n) is 7.67. The fourth-order valence-electron chi connectivity index (χ4n) is 2.75. The van der Waals surface area contributed by atoms with E-state index < -0.39 is 27.7 Å². The summed E-state index contributed by atoms with van der Waals surface area (Å²) in [7, 11) is -6.70. The Labute approximate surface area is 202 Å². The van der Waals surface area contributed by atoms with Crippen molar-refractivity contribution in [3.63, 3.8) is 0 Å². The largest absolute Gasteiger partial charge is 0.743 e. The van der Waals surface area contributed by atoms with Gasteiger partial charge in [-0.3, -0.25) is 0 Å². The lowest BCUT2D eigenvalue weighted by molar-refractivity contribution is -0.223. The highest BCUT2D eigenvalue weighted by Crippen LogP contribution is 2.37. The van der Waals surface area contributed by atoms with Gasteiger partial charge in [-0.15, -0.1) is 0 Å². The van der Waals surface area contributed by atoms with Gasteiger partial charge in [0.2, 0.25) is 0 Å². The van der Waals surface area contributed by atoms with E-state index in [0.717, 1.165) is 0 Å². The first-order valence-electron chi connectivity index (χ1n) is 10.0. The maximum absolute atomic E-state index is 11.8. The fourth-order valence-corrected chi connectivity index (χ4v) is 5.18. The minimum absolute atomic E-state index is 0.0394. The van der Waals surface area contributed by atoms with Crippen molar-refractivity contribution in [1.29, 1.82) is 0 Å². The molecule has 0 spiro atoms. The first-order chi connectivity index (χ1) is 16.0. The van der Waals surface area contributed by atoms with Gasteiger partial charge in [0.25, 0.3) is 6.17 Å². The zero-order chi connectivity index (χ0) is 26.6. The highest BCUT2D eigenvalue weighted by Gasteiger charge is 2.61. The van der Waals surface area contributed by atoms with E-state index >= 15 is 0 Å². The van der Waals surface area contributed by atoms with Gasteiger partial charge in [-0.1, -0.05) is 53.1 Å². The monoisotopic (exact) mass is 536 g/mol. The summed E-state index contributed by atoms with van der Waals surface area (Å²) in [6, 6.07) is 26.8. The van der Waals surface area contributed by atoms with E-state index in [-0.39, 0.29) is 10.9 Å². The smallest absolute Gasteiger partial charge is 0.426 e. The van der Waals surface area contributed by atoms with Crippen LogP contribution < -0.4 is 0 Å². The highest BCUT2D eigenvalue weighted by atomic mass is 32.2. The maximum atomic E-state index is 11.8. The molecule has 1 atom stereocenters. The Balaban J connectivity index is 0.000000287. The second-order valence-corrected chi connectivity index (χ2v) is 11.1. The summed E-state index contributed by atoms with van der Waals surface area (Å²) in [5.41, 5.74) is 3.92. The van der Waals surface area contributed by atoms with Crippen LogP contribution in [0.4, 0.5) is 26.3 Å². The first kappa shape index (κ1) is 28.7. The fraction of sp³-hybridized carbons (Fsp3) is 0.250. The zero-order valence-electron chi connectivity index (χ0n) is 18.8. The zero-order valence-corrected chi connectivity index (χ0v) is 20.4. The van der Waals surface area contributed by atoms with Gasteiger partial charge in [-0.05, 0) is 57.2 Å². The summed E-state index contributed by atoms with van der Waals surface area (Å²) >= 11 is 0. The number of rotatable bonds is 5. The molecule has 0 N–H and O–H groups in total. The summed E-state index contributed by atoms with van der Waals surface area (Å²) in [6.07, 6.45) is -11.1. The predicted octanol–water partition coefficient (Wildman–Crippen LogP) is 6.73. The number of benzene rings is 3. The molecule has 3 aromatic carbocycles. The Morgan fingerprint density at radius 1 is 0.657 bits per heavy atom. The van der Waals surface area contributed by atoms with Crippen LogP contribution in [0.1, 0.15) is 16.7 Å². The lowest BCUT2D eigenvalue weighted by Gasteiger charge is -2.24. The molecule has 0 heterocycles. The van der Waals surface area contributed by atoms with E-state index in [0.29, 0.717) is 0 Å². The van der Waals surface area contributed by atoms with Crippen LogP contribution in [0.3, 0.4) is 0 Å². The van der Waals surface area contributed by atoms with E-state index in [1.165, 1.54) is 31.4 Å². The molecular formula is C24H22F6O3S2. The van der Waals surface area contributed by atoms with Crippen LogP contribution in [0.2, 0.25) is 0 Å². The third kappa shape index (κ3) is 7.49. The van der Waals surface area contributed by atoms with Crippen LogP contribution >= 0.6 is 0 Å². The Morgan fingerprint density at radius 2 is 0.914 bits per heavy atom. The molecule has 11 heteroatoms. The summed E-state index contributed by atoms with van der Waals surface area (Å²) in [6.45, 7) is 6.42. The van der Waals surface area contributed by atoms with Crippen LogP contribution in [-0.4, -0.2) is 30.6 Å². The summed E-state index contributed by atoms with van der Waals surface area (Å²) in [4.78, 5) is 4.12. The Morgan fingerprint density at radius 3 is 1.09 bits per heavy atom. The number of hydrogen-bond donors (Lipinski definition) is 0. The molecule has 0 amide bonds. The Kier molecular flexibility index (Phi) is 9.07. The van der Waals surface area contributed by atoms with Crippen LogP contribution in [0.5, 0.6) is 0 Å². The molecule has 190 valence electrons. The van der Waals surface area contributed by atoms with Crippen molar-refractivity contribution in [2.24, 2.45) is 0 Å². The van der Waals surface area contributed by atoms with Crippen molar-refractivity contribution in [3.8, 4) is 0 Å². The van der Waals surface area contributed by atoms with Crippen molar-refractivity contribution >= 4 is 21.0 Å². The third-order valence-electron chi connectivity index (χ3n) is 4.69. The lowest BCUT2D eigenvalue weighted by atomic mass is 10.2. The van der Waals surface area contributed by atoms with E-state index in [1.54, 1.807) is 0 Å². The molecule has 0 saturated carbocycles. The molecule has 0 aliphatic carbocycles. The average Bonchev–Trinajstić information content (AvgIpc) is 2.76. The van der Waals surface area contributed by atoms with Crippen LogP contribution in [0, 0.1) is 20.8 Å². The lowest BCUT2D eigenvalue weighted by Crippen LogP contribution is -2.46. The predicted molar refractivity (Wildman–Crippen MR) is 121 cm³/mol. The standard InChI is InChI=1S/C21H21S.C3H2F6O3S/c1-16-4-10-19(11-5-16)22(20-12-6-17(2)7-13-20)21-14-8-18(3)9-15-21;4-1(2(5,6)7)3(8,9)13(10,11)12/h4-15H,1-3H3;1H,(H,10,11,12)/q+1;/p-1. The number of halogens is 6. The minimum Gasteiger partial charge on any atom is -0.743 e. The van der Waals surface area contributed by atoms with Gasteiger partial charge in [0.15, 0.2) is 24.8 Å². The molecule has 0 radical (unpaired) electrons. The highest BCUT2D eigenvalue weighted by molar-refractivity contribution is 7.97. The summed E-state index contributed by atoms with van der Waals surface area (Å²) in [5, 5.41) is -5.99. The molecule has 0 saturated heterocycles. The third-order valence-corrected chi connectivity index (χ3v) is 7.79. The maximum Gasteiger partial charge on any atom is 0.426 e. The van der Waals surface area contributed by atoms with Crippen LogP contribution in [0.15, 0.2) is 87.5 Å². The van der Waals surface area contributed by atoms with Gasteiger partial charge >= 0.3 is 11.4 Å². The summed E-state index contributed by atoms with van der Waals surface area (Å²) in [5.74, 6) is 0. The van der Waals surface area contributed by atoms with Gasteiger partial charge < -0.3 is 4.55 Å². The molecule has 0 bridgehead atoms. The van der Waals surface area contributed by atoms with Gasteiger partial charge in [-0.25, -0.2) is 12.8 Å². The average molecular weight is 537 g/mol. The Hall–Kier alpha value is -2.50. The first-order valence-corrected chi connectivity index (χ1v) is 12.7. The summed E-state index contributed by atoms with van der Waals surface area (Å²) < 4.78 is 97.5. The van der Waals surface area contributed by atoms with Crippen molar-refractivity contribution in [2.75, 3.05) is 0 Å². The molecule has 35 heavy (non-hydrogen) atoms. The molecule has 3 aromatic rings. The van der Waals surface area contributed by atoms with Crippen molar-refractivity contribution < 1.29 is 39.3 Å². The molecule has 0 aliphatic heterocycles. The number of aryl methyl sites for hydroxylation is 3. The van der Waals surface area contributed by atoms with Crippen LogP contribution in [-0.2, 0) is 21.0 Å². The van der Waals surface area contributed by atoms with E-state index in [1.807, 2.05) is 0 Å². The number of alkyl halides is 6. The molecule has 0 aliphatic rings. The van der Waals surface area contributed by atoms with Gasteiger partial charge in [0.05, 0.1) is 10.9 Å². The molecular weight excluding hydrogens is 514 g/mol. The van der Waals surface area contributed by atoms with Crippen molar-refractivity contribution in [2.45, 2.75) is 53.1 Å². The SMILES string of the molecule is Cc1ccc([S+](c2ccc(C)cc2)c2ccc(C)cc2)cc1.O=S(=O)([O-])C(F)(F)C(F)C(F)(F)F. The van der Waals surface area contributed by atoms with Crippen molar-refractivity contribution in [1.82, 2.24) is 0 Å². The van der Waals surface area contributed by atoms with Crippen molar-refractivity contribution in [3.05, 3.63) is 89.5 Å². The second kappa shape index (κ2) is 11.0. The van der Waals surface area contributed by atoms with Gasteiger partial charge in [-0.2, -0.15) is 22.0 Å². The normalized spacial score (nSPS) is 13.2. The van der Waals surface area contributed by atoms with Crippen LogP contribution in [0.25, 0.3) is 0 Å². The topological polar surface area (TPSA) is 57.2 Å². The van der Waals surface area contributed by atoms with E-state index in [9.17, 15) is 39.3 Å². The Bertz CT molecular complexity index is 1100. The molecule has 1 unspecified atom stereocenters. The van der Waals surface area contributed by atoms with E-state index in [2.05, 4.69) is 93.6 Å². The minimum atomic E-state index is -6.66. The van der Waals surface area contributed by atoms with Gasteiger partial charge in [0, 0.05) is 0 Å². The van der Waals surface area contributed by atoms with Gasteiger partial charge in [0.1, 0.15) is 0 Å². The molecule has 3 nitrogen and oxygen atoms in total.